The van der Waals surface area contributed by atoms with Gasteiger partial charge in [0.1, 0.15) is 5.75 Å². The fourth-order valence-corrected chi connectivity index (χ4v) is 2.37. The van der Waals surface area contributed by atoms with Crippen LogP contribution in [0.15, 0.2) is 24.3 Å². The van der Waals surface area contributed by atoms with Crippen LogP contribution in [0.5, 0.6) is 5.75 Å². The molecule has 3 heteroatoms. The summed E-state index contributed by atoms with van der Waals surface area (Å²) in [7, 11) is 0. The van der Waals surface area contributed by atoms with Gasteiger partial charge in [0.25, 0.3) is 0 Å². The van der Waals surface area contributed by atoms with Crippen LogP contribution in [0.2, 0.25) is 0 Å². The van der Waals surface area contributed by atoms with E-state index < -0.39 is 0 Å². The van der Waals surface area contributed by atoms with Crippen molar-refractivity contribution >= 4 is 0 Å². The first kappa shape index (κ1) is 15.3. The average Bonchev–Trinajstić information content (AvgIpc) is 2.48. The minimum atomic E-state index is -0.238. The average molecular weight is 278 g/mol. The summed E-state index contributed by atoms with van der Waals surface area (Å²) in [4.78, 5) is 0. The van der Waals surface area contributed by atoms with Crippen LogP contribution in [-0.2, 0) is 9.47 Å². The zero-order valence-corrected chi connectivity index (χ0v) is 12.8. The molecule has 0 radical (unpaired) electrons. The molecule has 0 N–H and O–H groups in total. The van der Waals surface area contributed by atoms with E-state index in [9.17, 15) is 0 Å². The summed E-state index contributed by atoms with van der Waals surface area (Å²) in [6.07, 6.45) is 3.35. The van der Waals surface area contributed by atoms with Gasteiger partial charge in [0.15, 0.2) is 6.29 Å². The van der Waals surface area contributed by atoms with Crippen molar-refractivity contribution < 1.29 is 14.2 Å². The predicted molar refractivity (Wildman–Crippen MR) is 79.9 cm³/mol. The Kier molecular flexibility index (Phi) is 5.86. The van der Waals surface area contributed by atoms with Crippen molar-refractivity contribution in [2.75, 3.05) is 13.2 Å². The maximum absolute atomic E-state index is 5.95. The lowest BCUT2D eigenvalue weighted by Gasteiger charge is -2.34. The summed E-state index contributed by atoms with van der Waals surface area (Å²) in [5.74, 6) is 1.42. The van der Waals surface area contributed by atoms with Crippen LogP contribution in [0.3, 0.4) is 0 Å². The summed E-state index contributed by atoms with van der Waals surface area (Å²) in [5.41, 5.74) is 1.06. The molecule has 112 valence electrons. The Hall–Kier alpha value is -1.06. The molecule has 1 aliphatic heterocycles. The smallest absolute Gasteiger partial charge is 0.184 e. The highest BCUT2D eigenvalue weighted by atomic mass is 16.7. The molecule has 1 fully saturated rings. The van der Waals surface area contributed by atoms with Gasteiger partial charge in [-0.15, -0.1) is 0 Å². The molecule has 0 spiro atoms. The number of hydrogen-bond donors (Lipinski definition) is 0. The Labute approximate surface area is 122 Å². The standard InChI is InChI=1S/C17H26O3/c1-4-6-11-18-16-9-7-15(8-10-16)17-19-12-14(5-2)13(3)20-17/h7-10,13-14,17H,4-6,11-12H2,1-3H3. The molecule has 0 amide bonds. The van der Waals surface area contributed by atoms with E-state index in [1.807, 2.05) is 24.3 Å². The lowest BCUT2D eigenvalue weighted by molar-refractivity contribution is -0.236. The molecule has 0 saturated carbocycles. The van der Waals surface area contributed by atoms with E-state index in [0.717, 1.165) is 43.8 Å². The first-order valence-electron chi connectivity index (χ1n) is 7.74. The summed E-state index contributed by atoms with van der Waals surface area (Å²) < 4.78 is 17.4. The van der Waals surface area contributed by atoms with E-state index in [0.29, 0.717) is 5.92 Å². The molecule has 1 aromatic carbocycles. The van der Waals surface area contributed by atoms with Crippen LogP contribution in [0.1, 0.15) is 51.9 Å². The van der Waals surface area contributed by atoms with Gasteiger partial charge in [0.05, 0.1) is 19.3 Å². The molecule has 2 rings (SSSR count). The van der Waals surface area contributed by atoms with Crippen molar-refractivity contribution in [3.63, 3.8) is 0 Å². The van der Waals surface area contributed by atoms with Crippen molar-refractivity contribution in [2.45, 2.75) is 52.4 Å². The second-order valence-electron chi connectivity index (χ2n) is 5.45. The maximum atomic E-state index is 5.95. The summed E-state index contributed by atoms with van der Waals surface area (Å²) in [6, 6.07) is 8.05. The van der Waals surface area contributed by atoms with Crippen LogP contribution in [0.4, 0.5) is 0 Å². The molecule has 20 heavy (non-hydrogen) atoms. The third kappa shape index (κ3) is 3.97. The van der Waals surface area contributed by atoms with Crippen molar-refractivity contribution in [3.8, 4) is 5.75 Å². The van der Waals surface area contributed by atoms with Crippen LogP contribution in [0.25, 0.3) is 0 Å². The molecule has 1 saturated heterocycles. The molecular weight excluding hydrogens is 252 g/mol. The van der Waals surface area contributed by atoms with Gasteiger partial charge in [-0.1, -0.05) is 32.4 Å². The Morgan fingerprint density at radius 1 is 1.20 bits per heavy atom. The second kappa shape index (κ2) is 7.65. The van der Waals surface area contributed by atoms with E-state index in [-0.39, 0.29) is 12.4 Å². The zero-order chi connectivity index (χ0) is 14.4. The van der Waals surface area contributed by atoms with Gasteiger partial charge < -0.3 is 14.2 Å². The fourth-order valence-electron chi connectivity index (χ4n) is 2.37. The van der Waals surface area contributed by atoms with Gasteiger partial charge in [0, 0.05) is 11.5 Å². The quantitative estimate of drug-likeness (QED) is 0.725. The van der Waals surface area contributed by atoms with Gasteiger partial charge in [-0.05, 0) is 31.9 Å². The number of rotatable bonds is 6. The third-order valence-corrected chi connectivity index (χ3v) is 3.91. The Morgan fingerprint density at radius 2 is 1.95 bits per heavy atom. The number of benzene rings is 1. The number of unbranched alkanes of at least 4 members (excludes halogenated alkanes) is 1. The fraction of sp³-hybridized carbons (Fsp3) is 0.647. The first-order chi connectivity index (χ1) is 9.74. The molecule has 1 aliphatic rings. The van der Waals surface area contributed by atoms with Gasteiger partial charge >= 0.3 is 0 Å². The van der Waals surface area contributed by atoms with E-state index in [2.05, 4.69) is 20.8 Å². The Bertz CT molecular complexity index is 388. The van der Waals surface area contributed by atoms with Crippen LogP contribution in [-0.4, -0.2) is 19.3 Å². The molecule has 3 nitrogen and oxygen atoms in total. The molecule has 1 heterocycles. The predicted octanol–water partition coefficient (Wildman–Crippen LogP) is 4.33. The van der Waals surface area contributed by atoms with E-state index in [1.165, 1.54) is 0 Å². The van der Waals surface area contributed by atoms with Crippen molar-refractivity contribution in [3.05, 3.63) is 29.8 Å². The summed E-state index contributed by atoms with van der Waals surface area (Å²) in [5, 5.41) is 0. The topological polar surface area (TPSA) is 27.7 Å². The Morgan fingerprint density at radius 3 is 2.55 bits per heavy atom. The third-order valence-electron chi connectivity index (χ3n) is 3.91. The summed E-state index contributed by atoms with van der Waals surface area (Å²) in [6.45, 7) is 8.02. The molecule has 0 aliphatic carbocycles. The van der Waals surface area contributed by atoms with Crippen LogP contribution >= 0.6 is 0 Å². The van der Waals surface area contributed by atoms with E-state index >= 15 is 0 Å². The Balaban J connectivity index is 1.90. The largest absolute Gasteiger partial charge is 0.494 e. The number of hydrogen-bond acceptors (Lipinski definition) is 3. The highest BCUT2D eigenvalue weighted by Crippen LogP contribution is 2.31. The van der Waals surface area contributed by atoms with Crippen LogP contribution in [0, 0.1) is 5.92 Å². The zero-order valence-electron chi connectivity index (χ0n) is 12.8. The van der Waals surface area contributed by atoms with Gasteiger partial charge in [-0.2, -0.15) is 0 Å². The molecule has 0 bridgehead atoms. The minimum Gasteiger partial charge on any atom is -0.494 e. The molecular formula is C17H26O3. The molecule has 3 unspecified atom stereocenters. The van der Waals surface area contributed by atoms with Crippen molar-refractivity contribution in [2.24, 2.45) is 5.92 Å². The molecule has 1 aromatic rings. The van der Waals surface area contributed by atoms with Gasteiger partial charge in [0.2, 0.25) is 0 Å². The highest BCUT2D eigenvalue weighted by Gasteiger charge is 2.28. The van der Waals surface area contributed by atoms with Gasteiger partial charge in [-0.3, -0.25) is 0 Å². The minimum absolute atomic E-state index is 0.238. The van der Waals surface area contributed by atoms with E-state index in [4.69, 9.17) is 14.2 Å². The highest BCUT2D eigenvalue weighted by molar-refractivity contribution is 5.28. The second-order valence-corrected chi connectivity index (χ2v) is 5.45. The lowest BCUT2D eigenvalue weighted by Crippen LogP contribution is -2.33. The van der Waals surface area contributed by atoms with E-state index in [1.54, 1.807) is 0 Å². The van der Waals surface area contributed by atoms with Crippen LogP contribution < -0.4 is 4.74 Å². The number of ether oxygens (including phenoxy) is 3. The molecule has 3 atom stereocenters. The first-order valence-corrected chi connectivity index (χ1v) is 7.74. The maximum Gasteiger partial charge on any atom is 0.184 e. The molecule has 0 aromatic heterocycles. The van der Waals surface area contributed by atoms with Crippen molar-refractivity contribution in [1.29, 1.82) is 0 Å². The lowest BCUT2D eigenvalue weighted by atomic mass is 10.0. The summed E-state index contributed by atoms with van der Waals surface area (Å²) >= 11 is 0. The normalized spacial score (nSPS) is 26.4. The van der Waals surface area contributed by atoms with Crippen molar-refractivity contribution in [1.82, 2.24) is 0 Å². The monoisotopic (exact) mass is 278 g/mol. The SMILES string of the molecule is CCCCOc1ccc(C2OCC(CC)C(C)O2)cc1. The van der Waals surface area contributed by atoms with Gasteiger partial charge in [-0.25, -0.2) is 0 Å².